The van der Waals surface area contributed by atoms with Crippen LogP contribution >= 0.6 is 0 Å². The van der Waals surface area contributed by atoms with Crippen LogP contribution in [0.4, 0.5) is 11.5 Å². The van der Waals surface area contributed by atoms with Crippen molar-refractivity contribution in [1.29, 1.82) is 0 Å². The van der Waals surface area contributed by atoms with Crippen LogP contribution in [0.1, 0.15) is 30.4 Å². The topological polar surface area (TPSA) is 92.7 Å². The summed E-state index contributed by atoms with van der Waals surface area (Å²) in [5.41, 5.74) is 2.83. The van der Waals surface area contributed by atoms with E-state index in [1.165, 1.54) is 10.5 Å². The first-order chi connectivity index (χ1) is 13.4. The molecular formula is C20H27N4O3S+. The third-order valence-corrected chi connectivity index (χ3v) is 6.82. The van der Waals surface area contributed by atoms with Crippen LogP contribution in [0.5, 0.6) is 0 Å². The number of anilines is 2. The van der Waals surface area contributed by atoms with Gasteiger partial charge in [-0.25, -0.2) is 13.4 Å². The number of amides is 1. The highest BCUT2D eigenvalue weighted by atomic mass is 32.2. The second-order valence-electron chi connectivity index (χ2n) is 7.07. The van der Waals surface area contributed by atoms with Gasteiger partial charge in [0.15, 0.2) is 6.54 Å². The van der Waals surface area contributed by atoms with Gasteiger partial charge in [0, 0.05) is 24.8 Å². The summed E-state index contributed by atoms with van der Waals surface area (Å²) in [5, 5.41) is 5.90. The normalized spacial score (nSPS) is 15.2. The number of aromatic amines is 1. The van der Waals surface area contributed by atoms with Gasteiger partial charge in [0.25, 0.3) is 11.7 Å². The lowest BCUT2D eigenvalue weighted by Crippen LogP contribution is -2.36. The number of H-pyrrole nitrogens is 1. The minimum atomic E-state index is -3.47. The molecule has 0 unspecified atom stereocenters. The number of aryl methyl sites for hydroxylation is 2. The Labute approximate surface area is 166 Å². The van der Waals surface area contributed by atoms with Crippen LogP contribution in [-0.2, 0) is 14.8 Å². The van der Waals surface area contributed by atoms with E-state index in [2.05, 4.69) is 15.6 Å². The van der Waals surface area contributed by atoms with Gasteiger partial charge in [-0.05, 0) is 43.9 Å². The van der Waals surface area contributed by atoms with Gasteiger partial charge in [0.1, 0.15) is 11.1 Å². The van der Waals surface area contributed by atoms with Gasteiger partial charge in [-0.3, -0.25) is 10.1 Å². The van der Waals surface area contributed by atoms with Crippen LogP contribution in [0.3, 0.4) is 0 Å². The highest BCUT2D eigenvalue weighted by Gasteiger charge is 2.26. The van der Waals surface area contributed by atoms with Crippen molar-refractivity contribution in [3.05, 3.63) is 47.7 Å². The second-order valence-corrected chi connectivity index (χ2v) is 9.01. The molecule has 150 valence electrons. The number of hydrogen-bond acceptors (Lipinski definition) is 4. The number of nitrogens with one attached hydrogen (secondary N) is 3. The monoisotopic (exact) mass is 403 g/mol. The maximum atomic E-state index is 12.7. The lowest BCUT2D eigenvalue weighted by Gasteiger charge is -2.25. The second kappa shape index (κ2) is 8.70. The Bertz CT molecular complexity index is 916. The quantitative estimate of drug-likeness (QED) is 0.774. The zero-order chi connectivity index (χ0) is 20.1. The van der Waals surface area contributed by atoms with Gasteiger partial charge in [0.2, 0.25) is 10.0 Å². The average Bonchev–Trinajstić information content (AvgIpc) is 2.70. The number of carbonyl (C=O) groups excluding carboxylic acids is 1. The van der Waals surface area contributed by atoms with E-state index >= 15 is 0 Å². The predicted molar refractivity (Wildman–Crippen MR) is 109 cm³/mol. The molecule has 0 bridgehead atoms. The van der Waals surface area contributed by atoms with Gasteiger partial charge in [0.05, 0.1) is 0 Å². The molecule has 2 aromatic rings. The molecule has 1 fully saturated rings. The van der Waals surface area contributed by atoms with Gasteiger partial charge in [-0.1, -0.05) is 24.6 Å². The van der Waals surface area contributed by atoms with E-state index in [0.717, 1.165) is 36.1 Å². The van der Waals surface area contributed by atoms with Crippen LogP contribution in [0.15, 0.2) is 41.4 Å². The molecule has 0 spiro atoms. The SMILES string of the molecule is Cc1cccc(C)c1NC(=O)CNc1ccc(S(=O)(=O)N2CCCCC2)c[nH+]1. The molecule has 1 aliphatic heterocycles. The fraction of sp³-hybridized carbons (Fsp3) is 0.400. The van der Waals surface area contributed by atoms with Crippen molar-refractivity contribution >= 4 is 27.4 Å². The predicted octanol–water partition coefficient (Wildman–Crippen LogP) is 2.34. The molecule has 3 N–H and O–H groups in total. The molecule has 0 saturated carbocycles. The summed E-state index contributed by atoms with van der Waals surface area (Å²) < 4.78 is 26.8. The van der Waals surface area contributed by atoms with E-state index < -0.39 is 10.0 Å². The third kappa shape index (κ3) is 4.69. The summed E-state index contributed by atoms with van der Waals surface area (Å²) in [5.74, 6) is 0.407. The number of pyridine rings is 1. The van der Waals surface area contributed by atoms with E-state index in [-0.39, 0.29) is 17.3 Å². The first kappa shape index (κ1) is 20.3. The van der Waals surface area contributed by atoms with Crippen molar-refractivity contribution in [2.75, 3.05) is 30.3 Å². The molecule has 0 atom stereocenters. The van der Waals surface area contributed by atoms with Crippen molar-refractivity contribution in [3.8, 4) is 0 Å². The van der Waals surface area contributed by atoms with Crippen molar-refractivity contribution in [2.24, 2.45) is 0 Å². The van der Waals surface area contributed by atoms with E-state index in [4.69, 9.17) is 0 Å². The number of para-hydroxylation sites is 1. The number of rotatable bonds is 6. The molecule has 1 saturated heterocycles. The standard InChI is InChI=1S/C20H26N4O3S/c1-15-7-6-8-16(2)20(15)23-19(25)14-22-18-10-9-17(13-21-18)28(26,27)24-11-4-3-5-12-24/h6-10,13H,3-5,11-12,14H2,1-2H3,(H,21,22)(H,23,25)/p+1. The number of aromatic nitrogens is 1. The van der Waals surface area contributed by atoms with E-state index in [1.807, 2.05) is 32.0 Å². The maximum absolute atomic E-state index is 12.7. The lowest BCUT2D eigenvalue weighted by atomic mass is 10.1. The number of benzene rings is 1. The lowest BCUT2D eigenvalue weighted by molar-refractivity contribution is -0.364. The Morgan fingerprint density at radius 1 is 1.07 bits per heavy atom. The van der Waals surface area contributed by atoms with Crippen molar-refractivity contribution in [2.45, 2.75) is 38.0 Å². The maximum Gasteiger partial charge on any atom is 0.272 e. The first-order valence-corrected chi connectivity index (χ1v) is 10.9. The minimum absolute atomic E-state index is 0.0719. The zero-order valence-corrected chi connectivity index (χ0v) is 17.1. The molecule has 0 radical (unpaired) electrons. The highest BCUT2D eigenvalue weighted by Crippen LogP contribution is 2.20. The van der Waals surface area contributed by atoms with Crippen LogP contribution < -0.4 is 15.6 Å². The molecule has 1 aromatic carbocycles. The number of carbonyl (C=O) groups is 1. The Morgan fingerprint density at radius 3 is 2.36 bits per heavy atom. The zero-order valence-electron chi connectivity index (χ0n) is 16.3. The van der Waals surface area contributed by atoms with Crippen LogP contribution in [-0.4, -0.2) is 38.3 Å². The molecule has 1 aliphatic rings. The van der Waals surface area contributed by atoms with Crippen LogP contribution in [0, 0.1) is 13.8 Å². The summed E-state index contributed by atoms with van der Waals surface area (Å²) in [6.45, 7) is 5.11. The Kier molecular flexibility index (Phi) is 6.31. The Hall–Kier alpha value is -2.45. The summed E-state index contributed by atoms with van der Waals surface area (Å²) in [6.07, 6.45) is 4.34. The summed E-state index contributed by atoms with van der Waals surface area (Å²) in [6, 6.07) is 9.05. The molecule has 3 rings (SSSR count). The average molecular weight is 404 g/mol. The number of nitrogens with zero attached hydrogens (tertiary/aromatic N) is 1. The number of hydrogen-bond donors (Lipinski definition) is 2. The fourth-order valence-corrected chi connectivity index (χ4v) is 4.79. The molecular weight excluding hydrogens is 376 g/mol. The first-order valence-electron chi connectivity index (χ1n) is 9.50. The number of sulfonamides is 1. The molecule has 8 heteroatoms. The van der Waals surface area contributed by atoms with Gasteiger partial charge >= 0.3 is 0 Å². The molecule has 7 nitrogen and oxygen atoms in total. The highest BCUT2D eigenvalue weighted by molar-refractivity contribution is 7.89. The van der Waals surface area contributed by atoms with Crippen LogP contribution in [0.25, 0.3) is 0 Å². The Balaban J connectivity index is 1.59. The summed E-state index contributed by atoms with van der Waals surface area (Å²) in [7, 11) is -3.47. The number of piperidine rings is 1. The van der Waals surface area contributed by atoms with Crippen molar-refractivity contribution in [3.63, 3.8) is 0 Å². The minimum Gasteiger partial charge on any atom is -0.322 e. The van der Waals surface area contributed by atoms with E-state index in [0.29, 0.717) is 18.9 Å². The van der Waals surface area contributed by atoms with E-state index in [1.54, 1.807) is 12.1 Å². The van der Waals surface area contributed by atoms with E-state index in [9.17, 15) is 13.2 Å². The van der Waals surface area contributed by atoms with Gasteiger partial charge in [-0.2, -0.15) is 4.31 Å². The molecule has 1 amide bonds. The third-order valence-electron chi connectivity index (χ3n) is 4.92. The van der Waals surface area contributed by atoms with Crippen molar-refractivity contribution < 1.29 is 18.2 Å². The van der Waals surface area contributed by atoms with Gasteiger partial charge < -0.3 is 5.32 Å². The molecule has 0 aliphatic carbocycles. The van der Waals surface area contributed by atoms with Crippen LogP contribution in [0.2, 0.25) is 0 Å². The largest absolute Gasteiger partial charge is 0.322 e. The smallest absolute Gasteiger partial charge is 0.272 e. The van der Waals surface area contributed by atoms with Gasteiger partial charge in [-0.15, -0.1) is 0 Å². The molecule has 28 heavy (non-hydrogen) atoms. The summed E-state index contributed by atoms with van der Waals surface area (Å²) in [4.78, 5) is 15.4. The molecule has 2 heterocycles. The fourth-order valence-electron chi connectivity index (χ4n) is 3.31. The Morgan fingerprint density at radius 2 is 1.75 bits per heavy atom. The summed E-state index contributed by atoms with van der Waals surface area (Å²) >= 11 is 0. The van der Waals surface area contributed by atoms with Crippen molar-refractivity contribution in [1.82, 2.24) is 4.31 Å². The molecule has 1 aromatic heterocycles.